The van der Waals surface area contributed by atoms with E-state index in [1.165, 1.54) is 0 Å². The second-order valence-electron chi connectivity index (χ2n) is 2.43. The number of benzene rings is 1. The highest BCUT2D eigenvalue weighted by molar-refractivity contribution is 9.10. The zero-order valence-corrected chi connectivity index (χ0v) is 7.88. The van der Waals surface area contributed by atoms with Crippen LogP contribution in [0.25, 0.3) is 0 Å². The van der Waals surface area contributed by atoms with Gasteiger partial charge in [0.05, 0.1) is 17.1 Å². The summed E-state index contributed by atoms with van der Waals surface area (Å²) in [6.45, 7) is -0.257. The van der Waals surface area contributed by atoms with Gasteiger partial charge in [-0.05, 0) is 22.0 Å². The first-order chi connectivity index (χ1) is 5.66. The molecule has 4 heteroatoms. The van der Waals surface area contributed by atoms with E-state index < -0.39 is 11.9 Å². The number of aliphatic hydroxyl groups is 1. The Kier molecular flexibility index (Phi) is 3.20. The molecule has 12 heavy (non-hydrogen) atoms. The van der Waals surface area contributed by atoms with Crippen LogP contribution < -0.4 is 5.73 Å². The van der Waals surface area contributed by atoms with Crippen molar-refractivity contribution in [2.45, 2.75) is 6.04 Å². The van der Waals surface area contributed by atoms with Crippen LogP contribution in [0.3, 0.4) is 0 Å². The molecule has 3 N–H and O–H groups in total. The smallest absolute Gasteiger partial charge is 0.142 e. The van der Waals surface area contributed by atoms with E-state index in [-0.39, 0.29) is 6.61 Å². The van der Waals surface area contributed by atoms with Crippen LogP contribution in [-0.4, -0.2) is 11.7 Å². The molecule has 0 aliphatic rings. The average Bonchev–Trinajstić information content (AvgIpc) is 2.08. The maximum absolute atomic E-state index is 13.2. The minimum atomic E-state index is -0.650. The van der Waals surface area contributed by atoms with E-state index >= 15 is 0 Å². The van der Waals surface area contributed by atoms with Gasteiger partial charge in [-0.2, -0.15) is 0 Å². The van der Waals surface area contributed by atoms with E-state index in [0.29, 0.717) is 10.0 Å². The molecule has 1 aromatic carbocycles. The number of aliphatic hydroxyl groups excluding tert-OH is 1. The standard InChI is InChI=1S/C8H9BrFNO/c9-6-3-1-2-5(8(6)10)7(11)4-12/h1-3,7,12H,4,11H2. The van der Waals surface area contributed by atoms with E-state index in [1.807, 2.05) is 0 Å². The molecule has 2 nitrogen and oxygen atoms in total. The van der Waals surface area contributed by atoms with Crippen molar-refractivity contribution in [3.05, 3.63) is 34.1 Å². The van der Waals surface area contributed by atoms with Crippen molar-refractivity contribution in [3.63, 3.8) is 0 Å². The monoisotopic (exact) mass is 233 g/mol. The Morgan fingerprint density at radius 2 is 2.25 bits per heavy atom. The highest BCUT2D eigenvalue weighted by atomic mass is 79.9. The number of nitrogens with two attached hydrogens (primary N) is 1. The largest absolute Gasteiger partial charge is 0.394 e. The molecule has 0 heterocycles. The van der Waals surface area contributed by atoms with Crippen LogP contribution in [0.15, 0.2) is 22.7 Å². The Balaban J connectivity index is 3.07. The lowest BCUT2D eigenvalue weighted by atomic mass is 10.1. The summed E-state index contributed by atoms with van der Waals surface area (Å²) in [5.41, 5.74) is 5.78. The molecular weight excluding hydrogens is 225 g/mol. The molecule has 1 atom stereocenters. The van der Waals surface area contributed by atoms with Crippen molar-refractivity contribution in [2.24, 2.45) is 5.73 Å². The molecule has 0 fully saturated rings. The van der Waals surface area contributed by atoms with E-state index in [2.05, 4.69) is 15.9 Å². The third-order valence-electron chi connectivity index (χ3n) is 1.58. The number of rotatable bonds is 2. The van der Waals surface area contributed by atoms with Crippen LogP contribution in [0.5, 0.6) is 0 Å². The van der Waals surface area contributed by atoms with Gasteiger partial charge < -0.3 is 10.8 Å². The first-order valence-electron chi connectivity index (χ1n) is 3.47. The first-order valence-corrected chi connectivity index (χ1v) is 4.26. The van der Waals surface area contributed by atoms with Gasteiger partial charge in [0.2, 0.25) is 0 Å². The van der Waals surface area contributed by atoms with Crippen molar-refractivity contribution in [1.82, 2.24) is 0 Å². The van der Waals surface area contributed by atoms with Gasteiger partial charge in [0.15, 0.2) is 0 Å². The predicted octanol–water partition coefficient (Wildman–Crippen LogP) is 1.58. The summed E-state index contributed by atoms with van der Waals surface area (Å²) in [6.07, 6.45) is 0. The van der Waals surface area contributed by atoms with Crippen LogP contribution in [-0.2, 0) is 0 Å². The second-order valence-corrected chi connectivity index (χ2v) is 3.29. The number of hydrogen-bond donors (Lipinski definition) is 2. The minimum absolute atomic E-state index is 0.257. The molecule has 0 aliphatic heterocycles. The van der Waals surface area contributed by atoms with Gasteiger partial charge in [-0.25, -0.2) is 4.39 Å². The van der Waals surface area contributed by atoms with Gasteiger partial charge in [-0.3, -0.25) is 0 Å². The predicted molar refractivity (Wildman–Crippen MR) is 48.1 cm³/mol. The summed E-state index contributed by atoms with van der Waals surface area (Å²) < 4.78 is 13.6. The molecule has 0 spiro atoms. The Morgan fingerprint density at radius 3 is 2.83 bits per heavy atom. The Morgan fingerprint density at radius 1 is 1.58 bits per heavy atom. The number of halogens is 2. The normalized spacial score (nSPS) is 13.0. The zero-order chi connectivity index (χ0) is 9.14. The summed E-state index contributed by atoms with van der Waals surface area (Å²) in [4.78, 5) is 0. The van der Waals surface area contributed by atoms with Gasteiger partial charge in [-0.15, -0.1) is 0 Å². The molecular formula is C8H9BrFNO. The third-order valence-corrected chi connectivity index (χ3v) is 2.19. The molecule has 0 saturated carbocycles. The van der Waals surface area contributed by atoms with Gasteiger partial charge in [-0.1, -0.05) is 12.1 Å². The molecule has 1 rings (SSSR count). The quantitative estimate of drug-likeness (QED) is 0.815. The summed E-state index contributed by atoms with van der Waals surface area (Å²) >= 11 is 3.03. The lowest BCUT2D eigenvalue weighted by Crippen LogP contribution is -2.16. The van der Waals surface area contributed by atoms with Crippen LogP contribution in [0.4, 0.5) is 4.39 Å². The number of hydrogen-bond acceptors (Lipinski definition) is 2. The van der Waals surface area contributed by atoms with E-state index in [1.54, 1.807) is 18.2 Å². The summed E-state index contributed by atoms with van der Waals surface area (Å²) in [5, 5.41) is 8.70. The zero-order valence-electron chi connectivity index (χ0n) is 6.30. The van der Waals surface area contributed by atoms with Gasteiger partial charge in [0.25, 0.3) is 0 Å². The topological polar surface area (TPSA) is 46.2 Å². The van der Waals surface area contributed by atoms with Crippen LogP contribution in [0, 0.1) is 5.82 Å². The molecule has 0 aromatic heterocycles. The summed E-state index contributed by atoms with van der Waals surface area (Å²) in [6, 6.07) is 4.17. The summed E-state index contributed by atoms with van der Waals surface area (Å²) in [7, 11) is 0. The van der Waals surface area contributed by atoms with Crippen molar-refractivity contribution in [1.29, 1.82) is 0 Å². The Hall–Kier alpha value is -0.450. The van der Waals surface area contributed by atoms with Crippen molar-refractivity contribution in [3.8, 4) is 0 Å². The van der Waals surface area contributed by atoms with Crippen LogP contribution >= 0.6 is 15.9 Å². The minimum Gasteiger partial charge on any atom is -0.394 e. The van der Waals surface area contributed by atoms with E-state index in [9.17, 15) is 4.39 Å². The summed E-state index contributed by atoms with van der Waals surface area (Å²) in [5.74, 6) is -0.404. The lowest BCUT2D eigenvalue weighted by Gasteiger charge is -2.09. The average molecular weight is 234 g/mol. The molecule has 66 valence electrons. The second kappa shape index (κ2) is 3.98. The molecule has 1 aromatic rings. The van der Waals surface area contributed by atoms with E-state index in [0.717, 1.165) is 0 Å². The Labute approximate surface area is 78.3 Å². The third kappa shape index (κ3) is 1.83. The maximum Gasteiger partial charge on any atom is 0.142 e. The fraction of sp³-hybridized carbons (Fsp3) is 0.250. The molecule has 0 bridgehead atoms. The van der Waals surface area contributed by atoms with Gasteiger partial charge in [0, 0.05) is 5.56 Å². The highest BCUT2D eigenvalue weighted by Crippen LogP contribution is 2.22. The Bertz CT molecular complexity index is 280. The van der Waals surface area contributed by atoms with E-state index in [4.69, 9.17) is 10.8 Å². The fourth-order valence-corrected chi connectivity index (χ4v) is 1.29. The fourth-order valence-electron chi connectivity index (χ4n) is 0.905. The molecule has 0 saturated heterocycles. The van der Waals surface area contributed by atoms with Crippen molar-refractivity contribution >= 4 is 15.9 Å². The van der Waals surface area contributed by atoms with Crippen molar-refractivity contribution < 1.29 is 9.50 Å². The molecule has 0 amide bonds. The SMILES string of the molecule is NC(CO)c1cccc(Br)c1F. The lowest BCUT2D eigenvalue weighted by molar-refractivity contribution is 0.265. The van der Waals surface area contributed by atoms with Crippen molar-refractivity contribution in [2.75, 3.05) is 6.61 Å². The molecule has 0 aliphatic carbocycles. The van der Waals surface area contributed by atoms with Crippen LogP contribution in [0.2, 0.25) is 0 Å². The maximum atomic E-state index is 13.2. The van der Waals surface area contributed by atoms with Gasteiger partial charge >= 0.3 is 0 Å². The molecule has 0 radical (unpaired) electrons. The highest BCUT2D eigenvalue weighted by Gasteiger charge is 2.11. The van der Waals surface area contributed by atoms with Gasteiger partial charge in [0.1, 0.15) is 5.82 Å². The molecule has 1 unspecified atom stereocenters. The first kappa shape index (κ1) is 9.64. The van der Waals surface area contributed by atoms with Crippen LogP contribution in [0.1, 0.15) is 11.6 Å².